The second kappa shape index (κ2) is 8.13. The van der Waals surface area contributed by atoms with E-state index in [1.807, 2.05) is 43.3 Å². The fraction of sp³-hybridized carbons (Fsp3) is 0.400. The Kier molecular flexibility index (Phi) is 5.89. The minimum Gasteiger partial charge on any atom is -0.299 e. The molecule has 1 fully saturated rings. The van der Waals surface area contributed by atoms with Gasteiger partial charge in [0.05, 0.1) is 5.75 Å². The molecule has 2 aromatic rings. The molecule has 1 saturated heterocycles. The van der Waals surface area contributed by atoms with E-state index in [0.717, 1.165) is 36.3 Å². The van der Waals surface area contributed by atoms with Crippen molar-refractivity contribution in [3.8, 4) is 0 Å². The summed E-state index contributed by atoms with van der Waals surface area (Å²) in [4.78, 5) is 2.45. The van der Waals surface area contributed by atoms with Crippen LogP contribution in [0.1, 0.15) is 35.1 Å². The Balaban J connectivity index is 1.59. The summed E-state index contributed by atoms with van der Waals surface area (Å²) in [5.41, 5.74) is 4.10. The smallest absolute Gasteiger partial charge is 0.216 e. The molecule has 1 aliphatic heterocycles. The fourth-order valence-corrected chi connectivity index (χ4v) is 4.48. The number of likely N-dealkylation sites (tertiary alicyclic amines) is 1. The maximum atomic E-state index is 12.4. The van der Waals surface area contributed by atoms with Gasteiger partial charge in [0.1, 0.15) is 0 Å². The predicted octanol–water partition coefficient (Wildman–Crippen LogP) is 3.21. The number of rotatable bonds is 7. The van der Waals surface area contributed by atoms with Crippen molar-refractivity contribution in [1.82, 2.24) is 9.62 Å². The Morgan fingerprint density at radius 1 is 1.00 bits per heavy atom. The van der Waals surface area contributed by atoms with E-state index in [0.29, 0.717) is 6.54 Å². The first-order chi connectivity index (χ1) is 12.0. The van der Waals surface area contributed by atoms with Crippen LogP contribution in [0.25, 0.3) is 0 Å². The third-order valence-electron chi connectivity index (χ3n) is 4.70. The van der Waals surface area contributed by atoms with Crippen molar-refractivity contribution in [1.29, 1.82) is 0 Å². The average molecular weight is 359 g/mol. The van der Waals surface area contributed by atoms with Gasteiger partial charge in [0.15, 0.2) is 0 Å². The molecule has 0 aromatic heterocycles. The summed E-state index contributed by atoms with van der Waals surface area (Å²) in [5, 5.41) is 0. The molecule has 0 saturated carbocycles. The van der Waals surface area contributed by atoms with Crippen LogP contribution in [0.5, 0.6) is 0 Å². The van der Waals surface area contributed by atoms with Crippen molar-refractivity contribution >= 4 is 10.0 Å². The van der Waals surface area contributed by atoms with Gasteiger partial charge in [0.25, 0.3) is 0 Å². The molecule has 5 heteroatoms. The van der Waals surface area contributed by atoms with Gasteiger partial charge < -0.3 is 0 Å². The molecule has 0 amide bonds. The van der Waals surface area contributed by atoms with E-state index in [1.165, 1.54) is 18.4 Å². The Morgan fingerprint density at radius 2 is 1.72 bits per heavy atom. The normalized spacial score (nSPS) is 15.6. The molecule has 1 aliphatic rings. The summed E-state index contributed by atoms with van der Waals surface area (Å²) >= 11 is 0. The molecular formula is C20H26N2O2S. The van der Waals surface area contributed by atoms with Crippen LogP contribution < -0.4 is 4.72 Å². The van der Waals surface area contributed by atoms with Gasteiger partial charge in [0.2, 0.25) is 10.0 Å². The van der Waals surface area contributed by atoms with Crippen LogP contribution in [0.15, 0.2) is 48.5 Å². The van der Waals surface area contributed by atoms with E-state index in [1.54, 1.807) is 0 Å². The van der Waals surface area contributed by atoms with E-state index < -0.39 is 10.0 Å². The second-order valence-corrected chi connectivity index (χ2v) is 8.62. The minimum absolute atomic E-state index is 0.0210. The number of hydrogen-bond acceptors (Lipinski definition) is 3. The lowest BCUT2D eigenvalue weighted by atomic mass is 10.1. The van der Waals surface area contributed by atoms with Crippen LogP contribution >= 0.6 is 0 Å². The highest BCUT2D eigenvalue weighted by Gasteiger charge is 2.14. The number of hydrogen-bond donors (Lipinski definition) is 1. The molecular weight excluding hydrogens is 332 g/mol. The van der Waals surface area contributed by atoms with Crippen LogP contribution in [0.3, 0.4) is 0 Å². The number of benzene rings is 2. The average Bonchev–Trinajstić information content (AvgIpc) is 3.09. The lowest BCUT2D eigenvalue weighted by molar-refractivity contribution is 0.331. The van der Waals surface area contributed by atoms with Crippen molar-refractivity contribution < 1.29 is 8.42 Å². The van der Waals surface area contributed by atoms with Gasteiger partial charge >= 0.3 is 0 Å². The first-order valence-electron chi connectivity index (χ1n) is 8.84. The fourth-order valence-electron chi connectivity index (χ4n) is 3.26. The molecule has 1 heterocycles. The Bertz CT molecular complexity index is 812. The lowest BCUT2D eigenvalue weighted by Crippen LogP contribution is -2.25. The van der Waals surface area contributed by atoms with E-state index in [9.17, 15) is 8.42 Å². The van der Waals surface area contributed by atoms with Gasteiger partial charge in [-0.25, -0.2) is 13.1 Å². The number of sulfonamides is 1. The van der Waals surface area contributed by atoms with Crippen LogP contribution in [0.4, 0.5) is 0 Å². The molecule has 0 atom stereocenters. The van der Waals surface area contributed by atoms with E-state index in [-0.39, 0.29) is 5.75 Å². The van der Waals surface area contributed by atoms with Crippen LogP contribution in [0.2, 0.25) is 0 Å². The minimum atomic E-state index is -3.35. The lowest BCUT2D eigenvalue weighted by Gasteiger charge is -2.15. The largest absolute Gasteiger partial charge is 0.299 e. The zero-order chi connectivity index (χ0) is 17.7. The maximum absolute atomic E-state index is 12.4. The Morgan fingerprint density at radius 3 is 2.48 bits per heavy atom. The molecule has 0 bridgehead atoms. The molecule has 1 N–H and O–H groups in total. The summed E-state index contributed by atoms with van der Waals surface area (Å²) < 4.78 is 27.5. The van der Waals surface area contributed by atoms with Gasteiger partial charge in [-0.2, -0.15) is 0 Å². The van der Waals surface area contributed by atoms with Crippen molar-refractivity contribution in [2.75, 3.05) is 13.1 Å². The van der Waals surface area contributed by atoms with Gasteiger partial charge in [-0.05, 0) is 55.1 Å². The van der Waals surface area contributed by atoms with Crippen molar-refractivity contribution in [2.24, 2.45) is 0 Å². The highest BCUT2D eigenvalue weighted by molar-refractivity contribution is 7.88. The monoisotopic (exact) mass is 358 g/mol. The van der Waals surface area contributed by atoms with E-state index >= 15 is 0 Å². The summed E-state index contributed by atoms with van der Waals surface area (Å²) in [5.74, 6) is 0.0210. The summed E-state index contributed by atoms with van der Waals surface area (Å²) in [6, 6.07) is 15.8. The molecule has 25 heavy (non-hydrogen) atoms. The third-order valence-corrected chi connectivity index (χ3v) is 5.97. The standard InChI is InChI=1S/C20H26N2O2S/c1-17-7-2-3-10-20(17)16-25(23,24)21-14-18-8-6-9-19(13-18)15-22-11-4-5-12-22/h2-3,6-10,13,21H,4-5,11-12,14-16H2,1H3. The molecule has 0 unspecified atom stereocenters. The second-order valence-electron chi connectivity index (χ2n) is 6.81. The van der Waals surface area contributed by atoms with Gasteiger partial charge in [-0.15, -0.1) is 0 Å². The van der Waals surface area contributed by atoms with Crippen molar-refractivity contribution in [2.45, 2.75) is 38.6 Å². The van der Waals surface area contributed by atoms with Crippen molar-refractivity contribution in [3.05, 3.63) is 70.8 Å². The molecule has 0 aliphatic carbocycles. The number of nitrogens with one attached hydrogen (secondary N) is 1. The zero-order valence-electron chi connectivity index (χ0n) is 14.7. The van der Waals surface area contributed by atoms with Gasteiger partial charge in [0, 0.05) is 13.1 Å². The van der Waals surface area contributed by atoms with Gasteiger partial charge in [-0.1, -0.05) is 48.5 Å². The van der Waals surface area contributed by atoms with Crippen LogP contribution in [-0.4, -0.2) is 26.4 Å². The summed E-state index contributed by atoms with van der Waals surface area (Å²) in [6.07, 6.45) is 2.55. The molecule has 3 rings (SSSR count). The maximum Gasteiger partial charge on any atom is 0.216 e. The van der Waals surface area contributed by atoms with Crippen LogP contribution in [-0.2, 0) is 28.9 Å². The predicted molar refractivity (Wildman–Crippen MR) is 102 cm³/mol. The summed E-state index contributed by atoms with van der Waals surface area (Å²) in [6.45, 7) is 5.54. The quantitative estimate of drug-likeness (QED) is 0.827. The summed E-state index contributed by atoms with van der Waals surface area (Å²) in [7, 11) is -3.35. The van der Waals surface area contributed by atoms with Gasteiger partial charge in [-0.3, -0.25) is 4.90 Å². The molecule has 0 radical (unpaired) electrons. The number of aryl methyl sites for hydroxylation is 1. The van der Waals surface area contributed by atoms with Crippen molar-refractivity contribution in [3.63, 3.8) is 0 Å². The first-order valence-corrected chi connectivity index (χ1v) is 10.5. The highest BCUT2D eigenvalue weighted by Crippen LogP contribution is 2.15. The third kappa shape index (κ3) is 5.39. The highest BCUT2D eigenvalue weighted by atomic mass is 32.2. The van der Waals surface area contributed by atoms with E-state index in [2.05, 4.69) is 21.8 Å². The van der Waals surface area contributed by atoms with E-state index in [4.69, 9.17) is 0 Å². The molecule has 134 valence electrons. The Labute approximate surface area is 150 Å². The number of nitrogens with zero attached hydrogens (tertiary/aromatic N) is 1. The zero-order valence-corrected chi connectivity index (χ0v) is 15.6. The SMILES string of the molecule is Cc1ccccc1CS(=O)(=O)NCc1cccc(CN2CCCC2)c1. The molecule has 4 nitrogen and oxygen atoms in total. The van der Waals surface area contributed by atoms with Crippen LogP contribution in [0, 0.1) is 6.92 Å². The Hall–Kier alpha value is -1.69. The molecule has 2 aromatic carbocycles. The first kappa shape index (κ1) is 18.1. The topological polar surface area (TPSA) is 49.4 Å². The molecule has 0 spiro atoms.